The predicted molar refractivity (Wildman–Crippen MR) is 64.7 cm³/mol. The number of hydrogen-bond acceptors (Lipinski definition) is 2. The van der Waals surface area contributed by atoms with Crippen molar-refractivity contribution in [2.24, 2.45) is 5.41 Å². The third-order valence-electron chi connectivity index (χ3n) is 3.46. The van der Waals surface area contributed by atoms with Crippen LogP contribution in [0.15, 0.2) is 12.7 Å². The number of aliphatic carboxylic acids is 1. The molecule has 3 atom stereocenters. The molecule has 1 fully saturated rings. The Morgan fingerprint density at radius 1 is 1.59 bits per heavy atom. The van der Waals surface area contributed by atoms with Crippen molar-refractivity contribution in [3.8, 4) is 0 Å². The van der Waals surface area contributed by atoms with Crippen LogP contribution < -0.4 is 10.6 Å². The van der Waals surface area contributed by atoms with Crippen LogP contribution in [0.2, 0.25) is 0 Å². The summed E-state index contributed by atoms with van der Waals surface area (Å²) in [6.45, 7) is 7.05. The van der Waals surface area contributed by atoms with Gasteiger partial charge in [0.05, 0.1) is 5.41 Å². The molecule has 0 aliphatic heterocycles. The van der Waals surface area contributed by atoms with Crippen molar-refractivity contribution in [1.82, 2.24) is 10.6 Å². The third kappa shape index (κ3) is 2.99. The van der Waals surface area contributed by atoms with E-state index in [-0.39, 0.29) is 18.1 Å². The van der Waals surface area contributed by atoms with Gasteiger partial charge in [0.25, 0.3) is 0 Å². The first-order valence-electron chi connectivity index (χ1n) is 5.83. The second kappa shape index (κ2) is 5.21. The van der Waals surface area contributed by atoms with Gasteiger partial charge in [-0.05, 0) is 26.7 Å². The van der Waals surface area contributed by atoms with Gasteiger partial charge < -0.3 is 15.7 Å². The first-order valence-corrected chi connectivity index (χ1v) is 5.83. The fraction of sp³-hybridized carbons (Fsp3) is 0.667. The summed E-state index contributed by atoms with van der Waals surface area (Å²) in [4.78, 5) is 22.8. The van der Waals surface area contributed by atoms with E-state index in [0.29, 0.717) is 12.8 Å². The fourth-order valence-electron chi connectivity index (χ4n) is 2.12. The lowest BCUT2D eigenvalue weighted by atomic mass is 9.85. The molecule has 3 unspecified atom stereocenters. The number of rotatable bonds is 4. The second-order valence-corrected chi connectivity index (χ2v) is 4.81. The third-order valence-corrected chi connectivity index (χ3v) is 3.46. The number of nitrogens with one attached hydrogen (secondary N) is 2. The zero-order chi connectivity index (χ0) is 13.1. The van der Waals surface area contributed by atoms with E-state index >= 15 is 0 Å². The van der Waals surface area contributed by atoms with Crippen molar-refractivity contribution in [2.45, 2.75) is 45.2 Å². The maximum absolute atomic E-state index is 11.6. The first-order chi connectivity index (χ1) is 7.90. The lowest BCUT2D eigenvalue weighted by molar-refractivity contribution is -0.148. The number of carboxylic acid groups (broad SMARTS) is 1. The summed E-state index contributed by atoms with van der Waals surface area (Å²) >= 11 is 0. The summed E-state index contributed by atoms with van der Waals surface area (Å²) in [7, 11) is 0. The molecule has 5 heteroatoms. The molecule has 2 amide bonds. The molecule has 0 spiro atoms. The van der Waals surface area contributed by atoms with Gasteiger partial charge in [0.2, 0.25) is 0 Å². The van der Waals surface area contributed by atoms with E-state index in [1.165, 1.54) is 0 Å². The molecule has 1 aliphatic carbocycles. The SMILES string of the molecule is C=CC(C)NC(=O)NC1CCCC1(C)C(=O)O. The van der Waals surface area contributed by atoms with Gasteiger partial charge >= 0.3 is 12.0 Å². The molecule has 1 saturated carbocycles. The smallest absolute Gasteiger partial charge is 0.315 e. The number of carbonyl (C=O) groups is 2. The largest absolute Gasteiger partial charge is 0.481 e. The van der Waals surface area contributed by atoms with E-state index in [9.17, 15) is 14.7 Å². The van der Waals surface area contributed by atoms with E-state index < -0.39 is 11.4 Å². The Bertz CT molecular complexity index is 330. The van der Waals surface area contributed by atoms with Gasteiger partial charge in [0.1, 0.15) is 0 Å². The van der Waals surface area contributed by atoms with E-state index in [1.807, 2.05) is 0 Å². The summed E-state index contributed by atoms with van der Waals surface area (Å²) < 4.78 is 0. The van der Waals surface area contributed by atoms with Crippen LogP contribution in [-0.4, -0.2) is 29.2 Å². The van der Waals surface area contributed by atoms with Gasteiger partial charge in [-0.1, -0.05) is 12.5 Å². The normalized spacial score (nSPS) is 29.4. The molecule has 3 N–H and O–H groups in total. The Hall–Kier alpha value is -1.52. The van der Waals surface area contributed by atoms with Gasteiger partial charge in [0.15, 0.2) is 0 Å². The summed E-state index contributed by atoms with van der Waals surface area (Å²) in [5.74, 6) is -0.850. The first kappa shape index (κ1) is 13.5. The average molecular weight is 240 g/mol. The van der Waals surface area contributed by atoms with Crippen LogP contribution in [0.4, 0.5) is 4.79 Å². The maximum atomic E-state index is 11.6. The van der Waals surface area contributed by atoms with Crippen LogP contribution in [0.5, 0.6) is 0 Å². The number of carboxylic acids is 1. The zero-order valence-corrected chi connectivity index (χ0v) is 10.3. The Balaban J connectivity index is 2.59. The van der Waals surface area contributed by atoms with Gasteiger partial charge in [-0.3, -0.25) is 4.79 Å². The molecule has 0 saturated heterocycles. The molecule has 0 aromatic heterocycles. The van der Waals surface area contributed by atoms with Crippen molar-refractivity contribution in [3.05, 3.63) is 12.7 Å². The number of urea groups is 1. The maximum Gasteiger partial charge on any atom is 0.315 e. The van der Waals surface area contributed by atoms with Crippen molar-refractivity contribution in [3.63, 3.8) is 0 Å². The highest BCUT2D eigenvalue weighted by Crippen LogP contribution is 2.38. The van der Waals surface area contributed by atoms with Crippen LogP contribution in [0, 0.1) is 5.41 Å². The molecule has 0 radical (unpaired) electrons. The van der Waals surface area contributed by atoms with E-state index in [0.717, 1.165) is 6.42 Å². The molecule has 0 aromatic carbocycles. The highest BCUT2D eigenvalue weighted by atomic mass is 16.4. The Morgan fingerprint density at radius 3 is 2.76 bits per heavy atom. The van der Waals surface area contributed by atoms with Gasteiger partial charge in [-0.25, -0.2) is 4.79 Å². The Labute approximate surface area is 101 Å². The minimum Gasteiger partial charge on any atom is -0.481 e. The fourth-order valence-corrected chi connectivity index (χ4v) is 2.12. The minimum absolute atomic E-state index is 0.132. The highest BCUT2D eigenvalue weighted by Gasteiger charge is 2.45. The molecular weight excluding hydrogens is 220 g/mol. The minimum atomic E-state index is -0.852. The van der Waals surface area contributed by atoms with Gasteiger partial charge in [0, 0.05) is 12.1 Å². The van der Waals surface area contributed by atoms with Crippen LogP contribution >= 0.6 is 0 Å². The summed E-state index contributed by atoms with van der Waals surface area (Å²) in [5, 5.41) is 14.6. The molecule has 5 nitrogen and oxygen atoms in total. The lowest BCUT2D eigenvalue weighted by Gasteiger charge is -2.28. The van der Waals surface area contributed by atoms with Crippen molar-refractivity contribution >= 4 is 12.0 Å². The van der Waals surface area contributed by atoms with Crippen molar-refractivity contribution in [2.75, 3.05) is 0 Å². The molecule has 0 aromatic rings. The van der Waals surface area contributed by atoms with Crippen LogP contribution in [-0.2, 0) is 4.79 Å². The van der Waals surface area contributed by atoms with Crippen LogP contribution in [0.3, 0.4) is 0 Å². The molecule has 0 heterocycles. The molecule has 1 rings (SSSR count). The molecule has 0 bridgehead atoms. The van der Waals surface area contributed by atoms with Gasteiger partial charge in [-0.2, -0.15) is 0 Å². The Kier molecular flexibility index (Phi) is 4.15. The topological polar surface area (TPSA) is 78.4 Å². The number of carbonyl (C=O) groups excluding carboxylic acids is 1. The zero-order valence-electron chi connectivity index (χ0n) is 10.3. The summed E-state index contributed by atoms with van der Waals surface area (Å²) in [6.07, 6.45) is 3.75. The van der Waals surface area contributed by atoms with Crippen molar-refractivity contribution < 1.29 is 14.7 Å². The predicted octanol–water partition coefficient (Wildman–Crippen LogP) is 1.50. The Morgan fingerprint density at radius 2 is 2.24 bits per heavy atom. The van der Waals surface area contributed by atoms with Crippen LogP contribution in [0.25, 0.3) is 0 Å². The van der Waals surface area contributed by atoms with E-state index in [4.69, 9.17) is 0 Å². The van der Waals surface area contributed by atoms with E-state index in [1.54, 1.807) is 19.9 Å². The van der Waals surface area contributed by atoms with E-state index in [2.05, 4.69) is 17.2 Å². The average Bonchev–Trinajstić information content (AvgIpc) is 2.61. The quantitative estimate of drug-likeness (QED) is 0.652. The van der Waals surface area contributed by atoms with Crippen molar-refractivity contribution in [1.29, 1.82) is 0 Å². The summed E-state index contributed by atoms with van der Waals surface area (Å²) in [6, 6.07) is -0.777. The molecule has 96 valence electrons. The second-order valence-electron chi connectivity index (χ2n) is 4.81. The van der Waals surface area contributed by atoms with Gasteiger partial charge in [-0.15, -0.1) is 6.58 Å². The molecule has 1 aliphatic rings. The lowest BCUT2D eigenvalue weighted by Crippen LogP contribution is -2.51. The van der Waals surface area contributed by atoms with Crippen LogP contribution in [0.1, 0.15) is 33.1 Å². The molecular formula is C12H20N2O3. The standard InChI is InChI=1S/C12H20N2O3/c1-4-8(2)13-11(17)14-9-6-5-7-12(9,3)10(15)16/h4,8-9H,1,5-7H2,2-3H3,(H,15,16)(H2,13,14,17). The molecule has 17 heavy (non-hydrogen) atoms. The highest BCUT2D eigenvalue weighted by molar-refractivity contribution is 5.79. The monoisotopic (exact) mass is 240 g/mol. The summed E-state index contributed by atoms with van der Waals surface area (Å²) in [5.41, 5.74) is -0.852. The number of amides is 2. The number of hydrogen-bond donors (Lipinski definition) is 3.